The van der Waals surface area contributed by atoms with E-state index < -0.39 is 0 Å². The van der Waals surface area contributed by atoms with Crippen LogP contribution < -0.4 is 0 Å². The Kier molecular flexibility index (Phi) is 3.15. The van der Waals surface area contributed by atoms with E-state index in [4.69, 9.17) is 0 Å². The van der Waals surface area contributed by atoms with Crippen LogP contribution in [0.2, 0.25) is 0 Å². The number of nitrogens with zero attached hydrogens (tertiary/aromatic N) is 2. The van der Waals surface area contributed by atoms with Gasteiger partial charge < -0.3 is 0 Å². The predicted octanol–water partition coefficient (Wildman–Crippen LogP) is 2.54. The lowest BCUT2D eigenvalue weighted by Gasteiger charge is -1.95. The Balaban J connectivity index is 3.20. The molecule has 3 nitrogen and oxygen atoms in total. The van der Waals surface area contributed by atoms with Gasteiger partial charge in [-0.15, -0.1) is 0 Å². The fraction of sp³-hybridized carbons (Fsp3) is 0. The molecule has 0 aromatic carbocycles. The van der Waals surface area contributed by atoms with Crippen LogP contribution in [0.1, 0.15) is 10.4 Å². The van der Waals surface area contributed by atoms with Crippen LogP contribution in [-0.2, 0) is 0 Å². The molecule has 11 heavy (non-hydrogen) atoms. The van der Waals surface area contributed by atoms with Crippen molar-refractivity contribution in [3.63, 3.8) is 0 Å². The van der Waals surface area contributed by atoms with Gasteiger partial charge >= 0.3 is 0 Å². The maximum absolute atomic E-state index is 10.8. The topological polar surface area (TPSA) is 42.9 Å². The standard InChI is InChI=1S/C5HBr3N2O/c6-3-2(4(7)11)1-9-5(8)10-3/h1H. The molecule has 1 aromatic rings. The molecule has 1 rings (SSSR count). The van der Waals surface area contributed by atoms with Crippen molar-refractivity contribution in [2.75, 3.05) is 0 Å². The molecule has 0 radical (unpaired) electrons. The van der Waals surface area contributed by atoms with Crippen LogP contribution in [0.15, 0.2) is 15.5 Å². The number of carbonyl (C=O) groups is 1. The van der Waals surface area contributed by atoms with Gasteiger partial charge in [0.2, 0.25) is 4.69 Å². The van der Waals surface area contributed by atoms with Crippen molar-refractivity contribution in [1.82, 2.24) is 9.97 Å². The lowest BCUT2D eigenvalue weighted by atomic mass is 10.4. The molecule has 6 heteroatoms. The minimum atomic E-state index is -0.239. The van der Waals surface area contributed by atoms with Crippen molar-refractivity contribution < 1.29 is 4.79 Å². The van der Waals surface area contributed by atoms with Gasteiger partial charge in [-0.25, -0.2) is 9.97 Å². The number of halogens is 3. The average molecular weight is 345 g/mol. The quantitative estimate of drug-likeness (QED) is 0.447. The highest BCUT2D eigenvalue weighted by molar-refractivity contribution is 9.18. The van der Waals surface area contributed by atoms with Crippen LogP contribution in [0.4, 0.5) is 0 Å². The monoisotopic (exact) mass is 342 g/mol. The molecule has 0 saturated heterocycles. The van der Waals surface area contributed by atoms with Gasteiger partial charge in [-0.3, -0.25) is 4.79 Å². The van der Waals surface area contributed by atoms with E-state index in [0.29, 0.717) is 14.9 Å². The van der Waals surface area contributed by atoms with E-state index in [-0.39, 0.29) is 4.69 Å². The number of carbonyl (C=O) groups excluding carboxylic acids is 1. The Morgan fingerprint density at radius 2 is 2.09 bits per heavy atom. The Labute approximate surface area is 88.0 Å². The molecule has 0 aliphatic heterocycles. The molecular formula is C5HBr3N2O. The summed E-state index contributed by atoms with van der Waals surface area (Å²) < 4.78 is 0.681. The summed E-state index contributed by atoms with van der Waals surface area (Å²) in [4.78, 5) is 18.4. The summed E-state index contributed by atoms with van der Waals surface area (Å²) in [6.07, 6.45) is 1.43. The normalized spacial score (nSPS) is 9.73. The second-order valence-electron chi connectivity index (χ2n) is 1.62. The molecule has 0 N–H and O–H groups in total. The third kappa shape index (κ3) is 2.31. The highest BCUT2D eigenvalue weighted by Gasteiger charge is 2.08. The van der Waals surface area contributed by atoms with Crippen molar-refractivity contribution in [2.45, 2.75) is 0 Å². The zero-order chi connectivity index (χ0) is 8.43. The molecule has 0 atom stereocenters. The van der Waals surface area contributed by atoms with Crippen LogP contribution in [0, 0.1) is 0 Å². The van der Waals surface area contributed by atoms with Crippen LogP contribution >= 0.6 is 47.8 Å². The summed E-state index contributed by atoms with van der Waals surface area (Å²) in [7, 11) is 0. The van der Waals surface area contributed by atoms with Gasteiger partial charge in [-0.05, 0) is 47.8 Å². The molecule has 0 spiro atoms. The first-order valence-corrected chi connectivity index (χ1v) is 4.87. The van der Waals surface area contributed by atoms with Crippen molar-refractivity contribution in [1.29, 1.82) is 0 Å². The van der Waals surface area contributed by atoms with Gasteiger partial charge in [0.05, 0.1) is 5.56 Å². The molecule has 58 valence electrons. The first kappa shape index (κ1) is 9.28. The van der Waals surface area contributed by atoms with E-state index in [2.05, 4.69) is 57.8 Å². The van der Waals surface area contributed by atoms with Crippen molar-refractivity contribution >= 4 is 52.5 Å². The molecule has 0 fully saturated rings. The first-order valence-electron chi connectivity index (χ1n) is 2.49. The number of hydrogen-bond donors (Lipinski definition) is 0. The van der Waals surface area contributed by atoms with Gasteiger partial charge in [0.15, 0.2) is 4.73 Å². The van der Waals surface area contributed by atoms with E-state index >= 15 is 0 Å². The first-order chi connectivity index (χ1) is 5.11. The average Bonchev–Trinajstić information content (AvgIpc) is 1.85. The summed E-state index contributed by atoms with van der Waals surface area (Å²) in [5.74, 6) is 0. The molecule has 1 heterocycles. The summed E-state index contributed by atoms with van der Waals surface area (Å²) >= 11 is 8.98. The van der Waals surface area contributed by atoms with Gasteiger partial charge in [0, 0.05) is 6.20 Å². The van der Waals surface area contributed by atoms with E-state index in [1.165, 1.54) is 6.20 Å². The third-order valence-electron chi connectivity index (χ3n) is 0.925. The largest absolute Gasteiger partial charge is 0.281 e. The molecular weight excluding hydrogens is 344 g/mol. The maximum atomic E-state index is 10.8. The molecule has 0 saturated carbocycles. The third-order valence-corrected chi connectivity index (χ3v) is 2.34. The highest BCUT2D eigenvalue weighted by atomic mass is 79.9. The SMILES string of the molecule is O=C(Br)c1cnc(Br)nc1Br. The Bertz CT molecular complexity index is 302. The van der Waals surface area contributed by atoms with Crippen molar-refractivity contribution in [3.05, 3.63) is 21.1 Å². The summed E-state index contributed by atoms with van der Waals surface area (Å²) in [6, 6.07) is 0. The van der Waals surface area contributed by atoms with Gasteiger partial charge in [-0.2, -0.15) is 0 Å². The smallest absolute Gasteiger partial charge is 0.232 e. The molecule has 0 unspecified atom stereocenters. The number of rotatable bonds is 1. The van der Waals surface area contributed by atoms with Crippen LogP contribution in [-0.4, -0.2) is 14.7 Å². The van der Waals surface area contributed by atoms with E-state index in [0.717, 1.165) is 0 Å². The Morgan fingerprint density at radius 1 is 1.45 bits per heavy atom. The minimum Gasteiger partial charge on any atom is -0.281 e. The van der Waals surface area contributed by atoms with E-state index in [1.54, 1.807) is 0 Å². The zero-order valence-corrected chi connectivity index (χ0v) is 9.77. The Morgan fingerprint density at radius 3 is 2.55 bits per heavy atom. The second kappa shape index (κ2) is 3.73. The number of aromatic nitrogens is 2. The summed E-state index contributed by atoms with van der Waals surface area (Å²) in [6.45, 7) is 0. The summed E-state index contributed by atoms with van der Waals surface area (Å²) in [5.41, 5.74) is 0.410. The fourth-order valence-electron chi connectivity index (χ4n) is 0.473. The second-order valence-corrected chi connectivity index (χ2v) is 3.80. The number of hydrogen-bond acceptors (Lipinski definition) is 3. The van der Waals surface area contributed by atoms with Crippen LogP contribution in [0.3, 0.4) is 0 Å². The van der Waals surface area contributed by atoms with Crippen molar-refractivity contribution in [3.8, 4) is 0 Å². The predicted molar refractivity (Wildman–Crippen MR) is 50.7 cm³/mol. The van der Waals surface area contributed by atoms with E-state index in [1.807, 2.05) is 0 Å². The minimum absolute atomic E-state index is 0.239. The lowest BCUT2D eigenvalue weighted by Crippen LogP contribution is -1.94. The molecule has 1 aromatic heterocycles. The zero-order valence-electron chi connectivity index (χ0n) is 5.01. The van der Waals surface area contributed by atoms with E-state index in [9.17, 15) is 4.79 Å². The lowest BCUT2D eigenvalue weighted by molar-refractivity contribution is 0.109. The molecule has 0 aliphatic carbocycles. The molecule has 0 bridgehead atoms. The Hall–Kier alpha value is 0.190. The van der Waals surface area contributed by atoms with Gasteiger partial charge in [0.25, 0.3) is 0 Å². The van der Waals surface area contributed by atoms with Crippen LogP contribution in [0.25, 0.3) is 0 Å². The fourth-order valence-corrected chi connectivity index (χ4v) is 2.00. The van der Waals surface area contributed by atoms with Gasteiger partial charge in [-0.1, -0.05) is 0 Å². The summed E-state index contributed by atoms with van der Waals surface area (Å²) in [5, 5.41) is 0. The molecule has 0 aliphatic rings. The maximum Gasteiger partial charge on any atom is 0.232 e. The van der Waals surface area contributed by atoms with Gasteiger partial charge in [0.1, 0.15) is 4.60 Å². The van der Waals surface area contributed by atoms with Crippen molar-refractivity contribution in [2.24, 2.45) is 0 Å². The van der Waals surface area contributed by atoms with Crippen LogP contribution in [0.5, 0.6) is 0 Å². The molecule has 0 amide bonds. The highest BCUT2D eigenvalue weighted by Crippen LogP contribution is 2.17.